The lowest BCUT2D eigenvalue weighted by atomic mass is 10.1. The number of nitrogens with zero attached hydrogens (tertiary/aromatic N) is 3. The van der Waals surface area contributed by atoms with E-state index < -0.39 is 0 Å². The summed E-state index contributed by atoms with van der Waals surface area (Å²) in [6, 6.07) is 14.5. The molecule has 0 saturated carbocycles. The molecule has 1 fully saturated rings. The van der Waals surface area contributed by atoms with Gasteiger partial charge in [0, 0.05) is 38.7 Å². The van der Waals surface area contributed by atoms with Crippen molar-refractivity contribution in [1.29, 1.82) is 0 Å². The monoisotopic (exact) mass is 364 g/mol. The van der Waals surface area contributed by atoms with Crippen LogP contribution < -0.4 is 5.69 Å². The number of amides is 2. The molecule has 2 aromatic carbocycles. The van der Waals surface area contributed by atoms with Crippen LogP contribution in [0.3, 0.4) is 0 Å². The molecule has 1 aliphatic rings. The van der Waals surface area contributed by atoms with Crippen molar-refractivity contribution in [3.05, 3.63) is 64.6 Å². The molecule has 1 N–H and O–H groups in total. The highest BCUT2D eigenvalue weighted by atomic mass is 16.2. The van der Waals surface area contributed by atoms with Crippen molar-refractivity contribution >= 4 is 22.8 Å². The van der Waals surface area contributed by atoms with Crippen LogP contribution in [0.2, 0.25) is 0 Å². The van der Waals surface area contributed by atoms with E-state index >= 15 is 0 Å². The van der Waals surface area contributed by atoms with Crippen LogP contribution >= 0.6 is 0 Å². The Kier molecular flexibility index (Phi) is 4.27. The van der Waals surface area contributed by atoms with Gasteiger partial charge in [0.15, 0.2) is 0 Å². The topological polar surface area (TPSA) is 78.4 Å². The summed E-state index contributed by atoms with van der Waals surface area (Å²) in [5.41, 5.74) is 2.63. The van der Waals surface area contributed by atoms with Crippen molar-refractivity contribution in [2.45, 2.75) is 6.92 Å². The minimum atomic E-state index is -0.212. The zero-order valence-corrected chi connectivity index (χ0v) is 15.0. The molecular formula is C20H20N4O3. The third kappa shape index (κ3) is 3.12. The van der Waals surface area contributed by atoms with Gasteiger partial charge in [-0.25, -0.2) is 4.79 Å². The van der Waals surface area contributed by atoms with E-state index in [9.17, 15) is 14.4 Å². The van der Waals surface area contributed by atoms with E-state index in [4.69, 9.17) is 0 Å². The van der Waals surface area contributed by atoms with Gasteiger partial charge in [-0.2, -0.15) is 0 Å². The first kappa shape index (κ1) is 17.1. The molecule has 0 spiro atoms. The number of rotatable bonds is 2. The number of hydrogen-bond donors (Lipinski definition) is 1. The Morgan fingerprint density at radius 1 is 0.889 bits per heavy atom. The summed E-state index contributed by atoms with van der Waals surface area (Å²) >= 11 is 0. The van der Waals surface area contributed by atoms with Crippen LogP contribution in [0.4, 0.5) is 0 Å². The Balaban J connectivity index is 1.56. The molecule has 3 aromatic rings. The summed E-state index contributed by atoms with van der Waals surface area (Å²) in [4.78, 5) is 42.7. The molecule has 0 unspecified atom stereocenters. The summed E-state index contributed by atoms with van der Waals surface area (Å²) in [5.74, 6) is -0.0216. The number of aromatic amines is 1. The summed E-state index contributed by atoms with van der Waals surface area (Å²) in [5, 5.41) is 0. The van der Waals surface area contributed by atoms with Gasteiger partial charge < -0.3 is 14.8 Å². The Labute approximate surface area is 155 Å². The summed E-state index contributed by atoms with van der Waals surface area (Å²) < 4.78 is 1.59. The number of nitrogens with one attached hydrogen (secondary N) is 1. The molecule has 2 heterocycles. The highest BCUT2D eigenvalue weighted by Gasteiger charge is 2.23. The number of imidazole rings is 1. The number of fused-ring (bicyclic) bond motifs is 1. The van der Waals surface area contributed by atoms with Gasteiger partial charge in [0.05, 0.1) is 16.7 Å². The van der Waals surface area contributed by atoms with Crippen LogP contribution in [-0.4, -0.2) is 57.3 Å². The Morgan fingerprint density at radius 2 is 1.52 bits per heavy atom. The number of hydrogen-bond acceptors (Lipinski definition) is 3. The van der Waals surface area contributed by atoms with Crippen molar-refractivity contribution in [2.75, 3.05) is 26.2 Å². The van der Waals surface area contributed by atoms with Gasteiger partial charge in [-0.05, 0) is 36.4 Å². The van der Waals surface area contributed by atoms with Crippen LogP contribution in [0.15, 0.2) is 53.3 Å². The molecule has 1 saturated heterocycles. The molecule has 4 rings (SSSR count). The summed E-state index contributed by atoms with van der Waals surface area (Å²) in [6.07, 6.45) is 0. The number of piperazine rings is 1. The normalized spacial score (nSPS) is 14.6. The van der Waals surface area contributed by atoms with E-state index in [1.165, 1.54) is 0 Å². The molecule has 2 amide bonds. The van der Waals surface area contributed by atoms with Crippen LogP contribution in [0.1, 0.15) is 17.3 Å². The molecule has 0 atom stereocenters. The smallest absolute Gasteiger partial charge is 0.331 e. The number of aromatic nitrogens is 2. The number of carbonyl (C=O) groups excluding carboxylic acids is 2. The second-order valence-electron chi connectivity index (χ2n) is 6.63. The molecular weight excluding hydrogens is 344 g/mol. The average Bonchev–Trinajstić information content (AvgIpc) is 3.03. The van der Waals surface area contributed by atoms with Crippen molar-refractivity contribution in [1.82, 2.24) is 19.4 Å². The highest BCUT2D eigenvalue weighted by Crippen LogP contribution is 2.17. The number of carbonyl (C=O) groups is 2. The zero-order valence-electron chi connectivity index (χ0n) is 15.0. The average molecular weight is 364 g/mol. The first-order valence-electron chi connectivity index (χ1n) is 8.89. The Bertz CT molecular complexity index is 1060. The van der Waals surface area contributed by atoms with Crippen LogP contribution in [0.25, 0.3) is 16.7 Å². The van der Waals surface area contributed by atoms with Crippen LogP contribution in [-0.2, 0) is 4.79 Å². The minimum Gasteiger partial charge on any atom is -0.339 e. The fourth-order valence-corrected chi connectivity index (χ4v) is 3.47. The van der Waals surface area contributed by atoms with Gasteiger partial charge in [-0.3, -0.25) is 14.2 Å². The maximum absolute atomic E-state index is 12.7. The minimum absolute atomic E-state index is 0.0376. The molecule has 27 heavy (non-hydrogen) atoms. The lowest BCUT2D eigenvalue weighted by molar-refractivity contribution is -0.130. The summed E-state index contributed by atoms with van der Waals surface area (Å²) in [6.45, 7) is 3.72. The predicted molar refractivity (Wildman–Crippen MR) is 102 cm³/mol. The predicted octanol–water partition coefficient (Wildman–Crippen LogP) is 1.62. The van der Waals surface area contributed by atoms with Gasteiger partial charge in [-0.1, -0.05) is 12.1 Å². The highest BCUT2D eigenvalue weighted by molar-refractivity contribution is 5.94. The molecule has 7 heteroatoms. The molecule has 0 bridgehead atoms. The van der Waals surface area contributed by atoms with Crippen molar-refractivity contribution in [3.63, 3.8) is 0 Å². The van der Waals surface area contributed by atoms with E-state index in [0.717, 1.165) is 11.0 Å². The van der Waals surface area contributed by atoms with Gasteiger partial charge in [-0.15, -0.1) is 0 Å². The zero-order chi connectivity index (χ0) is 19.0. The number of para-hydroxylation sites is 2. The molecule has 1 aromatic heterocycles. The first-order chi connectivity index (χ1) is 13.0. The second-order valence-corrected chi connectivity index (χ2v) is 6.63. The number of H-pyrrole nitrogens is 1. The fraction of sp³-hybridized carbons (Fsp3) is 0.250. The lowest BCUT2D eigenvalue weighted by Crippen LogP contribution is -2.50. The van der Waals surface area contributed by atoms with Crippen LogP contribution in [0, 0.1) is 0 Å². The van der Waals surface area contributed by atoms with Crippen molar-refractivity contribution in [2.24, 2.45) is 0 Å². The lowest BCUT2D eigenvalue weighted by Gasteiger charge is -2.34. The molecule has 0 radical (unpaired) electrons. The van der Waals surface area contributed by atoms with E-state index in [1.54, 1.807) is 45.6 Å². The third-order valence-electron chi connectivity index (χ3n) is 4.97. The van der Waals surface area contributed by atoms with E-state index in [2.05, 4.69) is 4.98 Å². The number of benzene rings is 2. The van der Waals surface area contributed by atoms with Gasteiger partial charge in [0.2, 0.25) is 5.91 Å². The van der Waals surface area contributed by atoms with Gasteiger partial charge in [0.25, 0.3) is 5.91 Å². The largest absolute Gasteiger partial charge is 0.339 e. The van der Waals surface area contributed by atoms with Crippen molar-refractivity contribution < 1.29 is 9.59 Å². The SMILES string of the molecule is CC(=O)N1CCN(C(=O)c2ccc(-n3c(=O)[nH]c4ccccc43)cc2)CC1. The maximum Gasteiger partial charge on any atom is 0.331 e. The standard InChI is InChI=1S/C20H20N4O3/c1-14(25)22-10-12-23(13-11-22)19(26)15-6-8-16(9-7-15)24-18-5-3-2-4-17(18)21-20(24)27/h2-9H,10-13H2,1H3,(H,21,27). The second kappa shape index (κ2) is 6.75. The van der Waals surface area contributed by atoms with Crippen LogP contribution in [0.5, 0.6) is 0 Å². The molecule has 0 aliphatic carbocycles. The molecule has 1 aliphatic heterocycles. The third-order valence-corrected chi connectivity index (χ3v) is 4.97. The van der Waals surface area contributed by atoms with E-state index in [-0.39, 0.29) is 17.5 Å². The fourth-order valence-electron chi connectivity index (χ4n) is 3.47. The Hall–Kier alpha value is -3.35. The Morgan fingerprint density at radius 3 is 2.19 bits per heavy atom. The summed E-state index contributed by atoms with van der Waals surface area (Å²) in [7, 11) is 0. The maximum atomic E-state index is 12.7. The van der Waals surface area contributed by atoms with Gasteiger partial charge >= 0.3 is 5.69 Å². The molecule has 7 nitrogen and oxygen atoms in total. The van der Waals surface area contributed by atoms with E-state index in [1.807, 2.05) is 24.3 Å². The van der Waals surface area contributed by atoms with E-state index in [0.29, 0.717) is 37.4 Å². The van der Waals surface area contributed by atoms with Crippen molar-refractivity contribution in [3.8, 4) is 5.69 Å². The first-order valence-corrected chi connectivity index (χ1v) is 8.89. The molecule has 138 valence electrons. The van der Waals surface area contributed by atoms with Gasteiger partial charge in [0.1, 0.15) is 0 Å². The quantitative estimate of drug-likeness (QED) is 0.751.